The molecule has 200 valence electrons. The summed E-state index contributed by atoms with van der Waals surface area (Å²) >= 11 is 0. The van der Waals surface area contributed by atoms with E-state index in [0.717, 1.165) is 30.4 Å². The van der Waals surface area contributed by atoms with Crippen LogP contribution in [0, 0.1) is 34.5 Å². The van der Waals surface area contributed by atoms with Crippen LogP contribution in [0.1, 0.15) is 91.9 Å². The third-order valence-corrected chi connectivity index (χ3v) is 10.4. The molecule has 3 N–H and O–H groups in total. The number of rotatable bonds is 6. The number of ketones is 1. The van der Waals surface area contributed by atoms with Crippen molar-refractivity contribution in [2.45, 2.75) is 104 Å². The van der Waals surface area contributed by atoms with E-state index in [1.165, 1.54) is 31.3 Å². The zero-order valence-corrected chi connectivity index (χ0v) is 22.9. The Balaban J connectivity index is 1.50. The molecule has 36 heavy (non-hydrogen) atoms. The predicted octanol–water partition coefficient (Wildman–Crippen LogP) is 6.08. The van der Waals surface area contributed by atoms with Crippen LogP contribution in [0.4, 0.5) is 0 Å². The molecule has 4 aliphatic carbocycles. The molecule has 4 rings (SSSR count). The average molecular weight is 497 g/mol. The second-order valence-electron chi connectivity index (χ2n) is 13.1. The number of carbonyl (C=O) groups excluding carboxylic acids is 1. The molecular formula is C32H48O4. The largest absolute Gasteiger partial charge is 0.396 e. The molecule has 0 amide bonds. The topological polar surface area (TPSA) is 77.8 Å². The Kier molecular flexibility index (Phi) is 8.19. The maximum Gasteiger partial charge on any atom is 0.164 e. The van der Waals surface area contributed by atoms with Crippen molar-refractivity contribution in [2.75, 3.05) is 6.61 Å². The minimum absolute atomic E-state index is 0.0718. The molecule has 0 heterocycles. The van der Waals surface area contributed by atoms with E-state index >= 15 is 0 Å². The van der Waals surface area contributed by atoms with E-state index in [1.54, 1.807) is 0 Å². The molecule has 4 saturated carbocycles. The van der Waals surface area contributed by atoms with Crippen LogP contribution in [-0.2, 0) is 4.79 Å². The van der Waals surface area contributed by atoms with Crippen molar-refractivity contribution in [2.24, 2.45) is 34.5 Å². The lowest BCUT2D eigenvalue weighted by Crippen LogP contribution is -2.38. The smallest absolute Gasteiger partial charge is 0.164 e. The van der Waals surface area contributed by atoms with Crippen molar-refractivity contribution < 1.29 is 20.1 Å². The van der Waals surface area contributed by atoms with Gasteiger partial charge in [0.15, 0.2) is 5.78 Å². The van der Waals surface area contributed by atoms with E-state index in [0.29, 0.717) is 48.4 Å². The number of hydrogen-bond donors (Lipinski definition) is 3. The summed E-state index contributed by atoms with van der Waals surface area (Å²) in [6.07, 6.45) is 14.8. The van der Waals surface area contributed by atoms with Crippen LogP contribution in [0.2, 0.25) is 0 Å². The van der Waals surface area contributed by atoms with Gasteiger partial charge in [-0.15, -0.1) is 0 Å². The highest BCUT2D eigenvalue weighted by molar-refractivity contribution is 6.01. The van der Waals surface area contributed by atoms with Gasteiger partial charge < -0.3 is 15.3 Å². The number of carbonyl (C=O) groups is 1. The molecule has 0 aliphatic heterocycles. The summed E-state index contributed by atoms with van der Waals surface area (Å²) in [6, 6.07) is 0. The number of aliphatic hydroxyl groups is 3. The lowest BCUT2D eigenvalue weighted by atomic mass is 9.61. The second kappa shape index (κ2) is 10.7. The highest BCUT2D eigenvalue weighted by Crippen LogP contribution is 2.60. The van der Waals surface area contributed by atoms with Gasteiger partial charge in [0, 0.05) is 17.9 Å². The zero-order valence-electron chi connectivity index (χ0n) is 22.9. The first-order valence-electron chi connectivity index (χ1n) is 14.3. The van der Waals surface area contributed by atoms with Crippen molar-refractivity contribution in [3.05, 3.63) is 47.1 Å². The molecular weight excluding hydrogens is 448 g/mol. The summed E-state index contributed by atoms with van der Waals surface area (Å²) in [7, 11) is 0. The SMILES string of the molecule is C=C1/C(=C\C=C2/CCC[C@]3(C)[C@@H]([C@H](C)/C=C4\CCC(C)(C)C4=O)CC[C@@H]23)C[C@@H](O)[C@H](CCCO)[C@@H]1O. The number of Topliss-reactive ketones (excluding diaryl/α,β-unsaturated/α-hetero) is 1. The number of allylic oxidation sites excluding steroid dienone is 5. The summed E-state index contributed by atoms with van der Waals surface area (Å²) in [5.74, 6) is 1.64. The average Bonchev–Trinajstić information content (AvgIpc) is 3.31. The van der Waals surface area contributed by atoms with E-state index < -0.39 is 12.2 Å². The Morgan fingerprint density at radius 1 is 1.08 bits per heavy atom. The van der Waals surface area contributed by atoms with Crippen LogP contribution in [0.15, 0.2) is 47.1 Å². The maximum atomic E-state index is 12.8. The summed E-state index contributed by atoms with van der Waals surface area (Å²) in [5.41, 5.74) is 4.26. The van der Waals surface area contributed by atoms with E-state index in [9.17, 15) is 15.0 Å². The Morgan fingerprint density at radius 2 is 1.83 bits per heavy atom. The van der Waals surface area contributed by atoms with Crippen LogP contribution < -0.4 is 0 Å². The van der Waals surface area contributed by atoms with E-state index in [4.69, 9.17) is 5.11 Å². The quantitative estimate of drug-likeness (QED) is 0.390. The fraction of sp³-hybridized carbons (Fsp3) is 0.719. The van der Waals surface area contributed by atoms with Crippen molar-refractivity contribution in [1.82, 2.24) is 0 Å². The molecule has 0 spiro atoms. The summed E-state index contributed by atoms with van der Waals surface area (Å²) in [6.45, 7) is 13.2. The monoisotopic (exact) mass is 496 g/mol. The normalized spacial score (nSPS) is 40.9. The van der Waals surface area contributed by atoms with Crippen molar-refractivity contribution in [1.29, 1.82) is 0 Å². The molecule has 4 fully saturated rings. The van der Waals surface area contributed by atoms with Crippen molar-refractivity contribution >= 4 is 5.78 Å². The third kappa shape index (κ3) is 5.11. The van der Waals surface area contributed by atoms with Crippen molar-refractivity contribution in [3.63, 3.8) is 0 Å². The van der Waals surface area contributed by atoms with Gasteiger partial charge in [0.2, 0.25) is 0 Å². The molecule has 0 aromatic carbocycles. The molecule has 0 unspecified atom stereocenters. The molecule has 0 bridgehead atoms. The molecule has 0 saturated heterocycles. The van der Waals surface area contributed by atoms with E-state index in [1.807, 2.05) is 0 Å². The van der Waals surface area contributed by atoms with Gasteiger partial charge in [0.25, 0.3) is 0 Å². The van der Waals surface area contributed by atoms with Crippen molar-refractivity contribution in [3.8, 4) is 0 Å². The standard InChI is InChI=1S/C32H48O4/c1-20(18-24-14-16-31(3,4)30(24)36)26-12-13-27-22(8-6-15-32(26,27)5)10-11-23-19-28(34)25(9-7-17-33)29(35)21(23)2/h10-11,18,20,25-29,33-35H,2,6-9,12-17,19H2,1,3-5H3/b22-10+,23-11-,24-18+/t20-,25+,26-,27+,28-,29-,32-/m1/s1. The molecule has 4 nitrogen and oxygen atoms in total. The first-order chi connectivity index (χ1) is 17.0. The van der Waals surface area contributed by atoms with Gasteiger partial charge in [0.05, 0.1) is 12.2 Å². The third-order valence-electron chi connectivity index (χ3n) is 10.4. The minimum atomic E-state index is -0.755. The van der Waals surface area contributed by atoms with Gasteiger partial charge in [-0.3, -0.25) is 4.79 Å². The second-order valence-corrected chi connectivity index (χ2v) is 13.1. The Morgan fingerprint density at radius 3 is 2.50 bits per heavy atom. The lowest BCUT2D eigenvalue weighted by Gasteiger charge is -2.44. The minimum Gasteiger partial charge on any atom is -0.396 e. The summed E-state index contributed by atoms with van der Waals surface area (Å²) < 4.78 is 0. The van der Waals surface area contributed by atoms with Gasteiger partial charge in [-0.1, -0.05) is 58.1 Å². The molecule has 7 atom stereocenters. The van der Waals surface area contributed by atoms with Gasteiger partial charge in [-0.25, -0.2) is 0 Å². The Labute approximate surface area is 218 Å². The molecule has 4 heteroatoms. The predicted molar refractivity (Wildman–Crippen MR) is 145 cm³/mol. The summed E-state index contributed by atoms with van der Waals surface area (Å²) in [5, 5.41) is 30.6. The number of aliphatic hydroxyl groups excluding tert-OH is 3. The first kappa shape index (κ1) is 27.5. The van der Waals surface area contributed by atoms with Crippen LogP contribution in [0.25, 0.3) is 0 Å². The first-order valence-corrected chi connectivity index (χ1v) is 14.3. The highest BCUT2D eigenvalue weighted by Gasteiger charge is 2.50. The Hall–Kier alpha value is -1.49. The van der Waals surface area contributed by atoms with Crippen LogP contribution in [0.5, 0.6) is 0 Å². The number of hydrogen-bond acceptors (Lipinski definition) is 4. The van der Waals surface area contributed by atoms with E-state index in [2.05, 4.69) is 52.5 Å². The zero-order chi connectivity index (χ0) is 26.3. The fourth-order valence-electron chi connectivity index (χ4n) is 8.07. The van der Waals surface area contributed by atoms with Gasteiger partial charge in [0.1, 0.15) is 0 Å². The highest BCUT2D eigenvalue weighted by atomic mass is 16.3. The number of fused-ring (bicyclic) bond motifs is 1. The summed E-state index contributed by atoms with van der Waals surface area (Å²) in [4.78, 5) is 12.8. The van der Waals surface area contributed by atoms with E-state index in [-0.39, 0.29) is 23.4 Å². The Bertz CT molecular complexity index is 953. The molecule has 0 aromatic heterocycles. The maximum absolute atomic E-state index is 12.8. The van der Waals surface area contributed by atoms with Crippen LogP contribution in [0.3, 0.4) is 0 Å². The molecule has 0 aromatic rings. The van der Waals surface area contributed by atoms with Gasteiger partial charge in [-0.05, 0) is 104 Å². The molecule has 4 aliphatic rings. The van der Waals surface area contributed by atoms with Crippen LogP contribution >= 0.6 is 0 Å². The fourth-order valence-corrected chi connectivity index (χ4v) is 8.07. The lowest BCUT2D eigenvalue weighted by molar-refractivity contribution is -0.121. The van der Waals surface area contributed by atoms with Gasteiger partial charge in [-0.2, -0.15) is 0 Å². The van der Waals surface area contributed by atoms with Crippen LogP contribution in [-0.4, -0.2) is 39.9 Å². The van der Waals surface area contributed by atoms with Gasteiger partial charge >= 0.3 is 0 Å². The molecule has 0 radical (unpaired) electrons.